The molecule has 1 saturated heterocycles. The lowest BCUT2D eigenvalue weighted by Gasteiger charge is -2.12. The van der Waals surface area contributed by atoms with Crippen molar-refractivity contribution in [2.45, 2.75) is 37.7 Å². The summed E-state index contributed by atoms with van der Waals surface area (Å²) in [6, 6.07) is 3.83. The summed E-state index contributed by atoms with van der Waals surface area (Å²) in [5.41, 5.74) is 1.28. The fourth-order valence-corrected chi connectivity index (χ4v) is 3.43. The van der Waals surface area contributed by atoms with Gasteiger partial charge in [-0.05, 0) is 31.0 Å². The molecule has 156 valence electrons. The number of halogens is 2. The number of carbonyl (C=O) groups excluding carboxylic acids is 1. The van der Waals surface area contributed by atoms with E-state index in [0.29, 0.717) is 28.2 Å². The quantitative estimate of drug-likeness (QED) is 0.392. The highest BCUT2D eigenvalue weighted by Gasteiger charge is 2.31. The average molecular weight is 433 g/mol. The molecule has 5 rings (SSSR count). The van der Waals surface area contributed by atoms with Crippen LogP contribution in [0.25, 0.3) is 5.65 Å². The van der Waals surface area contributed by atoms with Crippen LogP contribution in [0, 0.1) is 5.82 Å². The Morgan fingerprint density at radius 2 is 2.17 bits per heavy atom. The van der Waals surface area contributed by atoms with Gasteiger partial charge in [-0.1, -0.05) is 11.6 Å². The fraction of sp³-hybridized carbons (Fsp3) is 0.333. The third-order valence-electron chi connectivity index (χ3n) is 4.91. The number of benzene rings is 1. The first-order valence-corrected chi connectivity index (χ1v) is 9.82. The number of nitrogens with one attached hydrogen (secondary N) is 4. The van der Waals surface area contributed by atoms with Crippen molar-refractivity contribution >= 4 is 40.7 Å². The number of anilines is 3. The minimum Gasteiger partial charge on any atom is -0.361 e. The van der Waals surface area contributed by atoms with Gasteiger partial charge < -0.3 is 21.1 Å². The van der Waals surface area contributed by atoms with Gasteiger partial charge >= 0.3 is 0 Å². The largest absolute Gasteiger partial charge is 0.361 e. The maximum atomic E-state index is 14.2. The molecule has 2 aliphatic rings. The molecule has 30 heavy (non-hydrogen) atoms. The van der Waals surface area contributed by atoms with E-state index in [9.17, 15) is 14.3 Å². The lowest BCUT2D eigenvalue weighted by atomic mass is 10.1. The third-order valence-corrected chi connectivity index (χ3v) is 5.14. The first-order chi connectivity index (χ1) is 14.5. The standard InChI is InChI=1S/C18H18ClFN8O2/c19-9-1-4-11(20)12(6-9)23-16-25-14-8(5-13-15(29)26-18(30)24-13)7-21-28(14)17(27-16)22-10-2-3-10/h1,4,6-7,10,13,18,24,30H,2-3,5H2,(H,26,29)(H2,22,23,25,27). The SMILES string of the molecule is O=C1NC(O)NC1Cc1cnn2c(NC3CC3)nc(Nc3cc(Cl)ccc3F)nc12. The van der Waals surface area contributed by atoms with E-state index in [1.807, 2.05) is 0 Å². The van der Waals surface area contributed by atoms with Gasteiger partial charge in [0.2, 0.25) is 17.8 Å². The topological polar surface area (TPSA) is 128 Å². The van der Waals surface area contributed by atoms with Gasteiger partial charge in [-0.15, -0.1) is 0 Å². The number of hydrogen-bond donors (Lipinski definition) is 5. The highest BCUT2D eigenvalue weighted by Crippen LogP contribution is 2.27. The van der Waals surface area contributed by atoms with E-state index in [1.54, 1.807) is 10.7 Å². The molecule has 10 nitrogen and oxygen atoms in total. The molecule has 1 aromatic carbocycles. The summed E-state index contributed by atoms with van der Waals surface area (Å²) in [4.78, 5) is 20.9. The molecular formula is C18H18ClFN8O2. The number of carbonyl (C=O) groups is 1. The second-order valence-corrected chi connectivity index (χ2v) is 7.71. The number of aromatic nitrogens is 4. The molecule has 1 aliphatic heterocycles. The second kappa shape index (κ2) is 7.35. The maximum absolute atomic E-state index is 14.2. The first-order valence-electron chi connectivity index (χ1n) is 9.44. The lowest BCUT2D eigenvalue weighted by molar-refractivity contribution is -0.121. The van der Waals surface area contributed by atoms with Gasteiger partial charge in [-0.2, -0.15) is 19.6 Å². The first kappa shape index (κ1) is 19.0. The molecule has 2 atom stereocenters. The number of hydrogen-bond acceptors (Lipinski definition) is 8. The summed E-state index contributed by atoms with van der Waals surface area (Å²) in [6.45, 7) is 0. The minimum atomic E-state index is -1.09. The van der Waals surface area contributed by atoms with E-state index in [-0.39, 0.29) is 24.0 Å². The molecule has 2 aromatic heterocycles. The molecule has 12 heteroatoms. The summed E-state index contributed by atoms with van der Waals surface area (Å²) >= 11 is 5.98. The van der Waals surface area contributed by atoms with Gasteiger partial charge in [0.1, 0.15) is 5.82 Å². The third kappa shape index (κ3) is 3.74. The Hall–Kier alpha value is -3.02. The Labute approximate surface area is 174 Å². The summed E-state index contributed by atoms with van der Waals surface area (Å²) in [6.07, 6.45) is 2.82. The number of rotatable bonds is 6. The van der Waals surface area contributed by atoms with Crippen LogP contribution in [-0.2, 0) is 11.2 Å². The van der Waals surface area contributed by atoms with Crippen LogP contribution in [0.3, 0.4) is 0 Å². The van der Waals surface area contributed by atoms with Crippen LogP contribution >= 0.6 is 11.6 Å². The molecule has 3 heterocycles. The maximum Gasteiger partial charge on any atom is 0.240 e. The van der Waals surface area contributed by atoms with Gasteiger partial charge in [-0.25, -0.2) is 4.39 Å². The molecule has 0 spiro atoms. The van der Waals surface area contributed by atoms with Gasteiger partial charge in [0.15, 0.2) is 12.0 Å². The van der Waals surface area contributed by atoms with E-state index < -0.39 is 18.2 Å². The average Bonchev–Trinajstić information content (AvgIpc) is 3.34. The Balaban J connectivity index is 1.52. The molecule has 1 saturated carbocycles. The van der Waals surface area contributed by atoms with Crippen molar-refractivity contribution < 1.29 is 14.3 Å². The molecule has 0 radical (unpaired) electrons. The van der Waals surface area contributed by atoms with Crippen molar-refractivity contribution in [1.29, 1.82) is 0 Å². The lowest BCUT2D eigenvalue weighted by Crippen LogP contribution is -2.33. The van der Waals surface area contributed by atoms with Gasteiger partial charge in [0.05, 0.1) is 17.9 Å². The Bertz CT molecular complexity index is 1130. The zero-order valence-electron chi connectivity index (χ0n) is 15.6. The molecule has 5 N–H and O–H groups in total. The summed E-state index contributed by atoms with van der Waals surface area (Å²) < 4.78 is 15.7. The Morgan fingerprint density at radius 1 is 1.33 bits per heavy atom. The second-order valence-electron chi connectivity index (χ2n) is 7.28. The zero-order valence-corrected chi connectivity index (χ0v) is 16.3. The van der Waals surface area contributed by atoms with Crippen molar-refractivity contribution in [3.63, 3.8) is 0 Å². The number of fused-ring (bicyclic) bond motifs is 1. The monoisotopic (exact) mass is 432 g/mol. The molecule has 1 amide bonds. The summed E-state index contributed by atoms with van der Waals surface area (Å²) in [5, 5.41) is 25.6. The van der Waals surface area contributed by atoms with Gasteiger partial charge in [-0.3, -0.25) is 10.1 Å². The van der Waals surface area contributed by atoms with Crippen molar-refractivity contribution in [2.75, 3.05) is 10.6 Å². The van der Waals surface area contributed by atoms with Crippen LogP contribution < -0.4 is 21.3 Å². The highest BCUT2D eigenvalue weighted by atomic mass is 35.5. The Kier molecular flexibility index (Phi) is 4.65. The van der Waals surface area contributed by atoms with Gasteiger partial charge in [0, 0.05) is 23.0 Å². The molecule has 0 bridgehead atoms. The normalized spacial score (nSPS) is 21.1. The zero-order chi connectivity index (χ0) is 20.8. The van der Waals surface area contributed by atoms with Gasteiger partial charge in [0.25, 0.3) is 0 Å². The number of nitrogens with zero attached hydrogens (tertiary/aromatic N) is 4. The number of aliphatic hydroxyl groups excluding tert-OH is 1. The molecule has 3 aromatic rings. The number of amides is 1. The van der Waals surface area contributed by atoms with E-state index in [1.165, 1.54) is 18.2 Å². The van der Waals surface area contributed by atoms with Crippen molar-refractivity contribution in [1.82, 2.24) is 30.2 Å². The van der Waals surface area contributed by atoms with E-state index in [2.05, 4.69) is 36.3 Å². The molecular weight excluding hydrogens is 415 g/mol. The molecule has 2 unspecified atom stereocenters. The fourth-order valence-electron chi connectivity index (χ4n) is 3.26. The summed E-state index contributed by atoms with van der Waals surface area (Å²) in [7, 11) is 0. The predicted molar refractivity (Wildman–Crippen MR) is 107 cm³/mol. The predicted octanol–water partition coefficient (Wildman–Crippen LogP) is 1.14. The summed E-state index contributed by atoms with van der Waals surface area (Å²) in [5.74, 6) is -0.180. The van der Waals surface area contributed by atoms with Crippen LogP contribution in [0.5, 0.6) is 0 Å². The van der Waals surface area contributed by atoms with E-state index >= 15 is 0 Å². The van der Waals surface area contributed by atoms with Crippen LogP contribution in [-0.4, -0.2) is 49.0 Å². The molecule has 1 aliphatic carbocycles. The molecule has 2 fully saturated rings. The highest BCUT2D eigenvalue weighted by molar-refractivity contribution is 6.30. The van der Waals surface area contributed by atoms with Crippen molar-refractivity contribution in [3.8, 4) is 0 Å². The van der Waals surface area contributed by atoms with Crippen LogP contribution in [0.4, 0.5) is 22.0 Å². The van der Waals surface area contributed by atoms with E-state index in [4.69, 9.17) is 11.6 Å². The van der Waals surface area contributed by atoms with Crippen molar-refractivity contribution in [2.24, 2.45) is 0 Å². The number of aliphatic hydroxyl groups is 1. The van der Waals surface area contributed by atoms with Crippen LogP contribution in [0.2, 0.25) is 5.02 Å². The van der Waals surface area contributed by atoms with Crippen LogP contribution in [0.1, 0.15) is 18.4 Å². The smallest absolute Gasteiger partial charge is 0.240 e. The Morgan fingerprint density at radius 3 is 2.90 bits per heavy atom. The van der Waals surface area contributed by atoms with Crippen LogP contribution in [0.15, 0.2) is 24.4 Å². The van der Waals surface area contributed by atoms with E-state index in [0.717, 1.165) is 12.8 Å². The minimum absolute atomic E-state index is 0.144. The van der Waals surface area contributed by atoms with Crippen molar-refractivity contribution in [3.05, 3.63) is 40.8 Å².